The van der Waals surface area contributed by atoms with Crippen molar-refractivity contribution < 1.29 is 19.5 Å². The number of nitrogens with two attached hydrogens (primary N) is 2. The summed E-state index contributed by atoms with van der Waals surface area (Å²) < 4.78 is 0. The average molecular weight is 393 g/mol. The molecule has 0 bridgehead atoms. The fraction of sp³-hybridized carbons (Fsp3) is 0.550. The summed E-state index contributed by atoms with van der Waals surface area (Å²) in [5.74, 6) is -1.75. The molecular formula is C20H32N4O4. The molecule has 0 aliphatic carbocycles. The fourth-order valence-corrected chi connectivity index (χ4v) is 2.85. The smallest absolute Gasteiger partial charge is 0.245 e. The molecule has 1 aromatic carbocycles. The van der Waals surface area contributed by atoms with Gasteiger partial charge >= 0.3 is 0 Å². The van der Waals surface area contributed by atoms with Crippen LogP contribution in [0.2, 0.25) is 0 Å². The molecule has 28 heavy (non-hydrogen) atoms. The van der Waals surface area contributed by atoms with Crippen LogP contribution in [0, 0.1) is 5.92 Å². The van der Waals surface area contributed by atoms with Crippen LogP contribution in [0.1, 0.15) is 32.3 Å². The van der Waals surface area contributed by atoms with E-state index in [1.165, 1.54) is 6.92 Å². The Kier molecular flexibility index (Phi) is 10.4. The lowest BCUT2D eigenvalue weighted by molar-refractivity contribution is -0.135. The summed E-state index contributed by atoms with van der Waals surface area (Å²) in [6, 6.07) is 7.47. The van der Waals surface area contributed by atoms with E-state index in [9.17, 15) is 19.5 Å². The van der Waals surface area contributed by atoms with E-state index in [1.54, 1.807) is 6.92 Å². The molecule has 0 aromatic heterocycles. The molecule has 1 unspecified atom stereocenters. The number of nitrogens with one attached hydrogen (secondary N) is 2. The first-order chi connectivity index (χ1) is 13.3. The first kappa shape index (κ1) is 23.7. The van der Waals surface area contributed by atoms with Crippen molar-refractivity contribution in [1.29, 1.82) is 0 Å². The summed E-state index contributed by atoms with van der Waals surface area (Å²) >= 11 is 0. The number of hydrogen-bond acceptors (Lipinski definition) is 6. The summed E-state index contributed by atoms with van der Waals surface area (Å²) in [7, 11) is 0. The molecule has 1 aromatic rings. The average Bonchev–Trinajstić information content (AvgIpc) is 2.69. The molecule has 8 heteroatoms. The number of hydrogen-bond donors (Lipinski definition) is 5. The van der Waals surface area contributed by atoms with Gasteiger partial charge in [-0.2, -0.15) is 0 Å². The van der Waals surface area contributed by atoms with Gasteiger partial charge in [0.15, 0.2) is 5.78 Å². The standard InChI is InChI=1S/C20H32N4O4/c1-3-17(26)16(9-10-21)23-20(28)18(13(2)25)24-19(27)15(12-22)11-14-7-5-4-6-8-14/h4-8,13,15-16,18,25H,3,9-12,21-22H2,1-2H3,(H,23,28)(H,24,27)/t13-,15?,16-,18-/m0/s1. The number of ketones is 1. The van der Waals surface area contributed by atoms with Crippen LogP contribution in [-0.4, -0.2) is 54.0 Å². The summed E-state index contributed by atoms with van der Waals surface area (Å²) in [6.07, 6.45) is -0.183. The molecule has 0 aliphatic rings. The first-order valence-electron chi connectivity index (χ1n) is 9.59. The van der Waals surface area contributed by atoms with Crippen LogP contribution >= 0.6 is 0 Å². The zero-order valence-corrected chi connectivity index (χ0v) is 16.6. The van der Waals surface area contributed by atoms with Gasteiger partial charge in [0.1, 0.15) is 6.04 Å². The molecule has 2 amide bonds. The Morgan fingerprint density at radius 2 is 1.71 bits per heavy atom. The summed E-state index contributed by atoms with van der Waals surface area (Å²) in [5.41, 5.74) is 12.2. The van der Waals surface area contributed by atoms with E-state index >= 15 is 0 Å². The molecule has 0 radical (unpaired) electrons. The molecule has 156 valence electrons. The van der Waals surface area contributed by atoms with E-state index in [4.69, 9.17) is 11.5 Å². The van der Waals surface area contributed by atoms with Crippen LogP contribution in [0.15, 0.2) is 30.3 Å². The molecular weight excluding hydrogens is 360 g/mol. The summed E-state index contributed by atoms with van der Waals surface area (Å²) in [6.45, 7) is 3.42. The van der Waals surface area contributed by atoms with Gasteiger partial charge in [-0.3, -0.25) is 14.4 Å². The molecule has 0 heterocycles. The van der Waals surface area contributed by atoms with Crippen LogP contribution < -0.4 is 22.1 Å². The molecule has 0 spiro atoms. The number of Topliss-reactive ketones (excluding diaryl/α,β-unsaturated/α-hetero) is 1. The molecule has 8 nitrogen and oxygen atoms in total. The van der Waals surface area contributed by atoms with Gasteiger partial charge in [0.05, 0.1) is 18.1 Å². The predicted octanol–water partition coefficient (Wildman–Crippen LogP) is -0.518. The number of aliphatic hydroxyl groups excluding tert-OH is 1. The third-order valence-corrected chi connectivity index (χ3v) is 4.55. The van der Waals surface area contributed by atoms with Crippen LogP contribution in [0.25, 0.3) is 0 Å². The normalized spacial score (nSPS) is 15.2. The first-order valence-corrected chi connectivity index (χ1v) is 9.59. The molecule has 0 fully saturated rings. The van der Waals surface area contributed by atoms with Crippen molar-refractivity contribution in [2.45, 2.75) is 51.3 Å². The minimum atomic E-state index is -1.19. The van der Waals surface area contributed by atoms with Gasteiger partial charge in [0, 0.05) is 13.0 Å². The predicted molar refractivity (Wildman–Crippen MR) is 107 cm³/mol. The Bertz CT molecular complexity index is 636. The van der Waals surface area contributed by atoms with Gasteiger partial charge in [0.25, 0.3) is 0 Å². The lowest BCUT2D eigenvalue weighted by Gasteiger charge is -2.26. The van der Waals surface area contributed by atoms with E-state index < -0.39 is 35.9 Å². The topological polar surface area (TPSA) is 148 Å². The highest BCUT2D eigenvalue weighted by Gasteiger charge is 2.30. The number of rotatable bonds is 12. The second kappa shape index (κ2) is 12.2. The van der Waals surface area contributed by atoms with Crippen LogP contribution in [0.3, 0.4) is 0 Å². The summed E-state index contributed by atoms with van der Waals surface area (Å²) in [5, 5.41) is 15.2. The number of amides is 2. The van der Waals surface area contributed by atoms with E-state index in [2.05, 4.69) is 10.6 Å². The Morgan fingerprint density at radius 3 is 2.21 bits per heavy atom. The molecule has 7 N–H and O–H groups in total. The number of benzene rings is 1. The van der Waals surface area contributed by atoms with Crippen molar-refractivity contribution in [3.8, 4) is 0 Å². The molecule has 0 aliphatic heterocycles. The number of carbonyl (C=O) groups is 3. The Morgan fingerprint density at radius 1 is 1.07 bits per heavy atom. The van der Waals surface area contributed by atoms with Gasteiger partial charge < -0.3 is 27.2 Å². The van der Waals surface area contributed by atoms with Gasteiger partial charge in [-0.15, -0.1) is 0 Å². The van der Waals surface area contributed by atoms with Crippen LogP contribution in [-0.2, 0) is 20.8 Å². The van der Waals surface area contributed by atoms with Crippen molar-refractivity contribution in [2.75, 3.05) is 13.1 Å². The third kappa shape index (κ3) is 7.38. The second-order valence-corrected chi connectivity index (χ2v) is 6.81. The Hall–Kier alpha value is -2.29. The van der Waals surface area contributed by atoms with Gasteiger partial charge in [-0.1, -0.05) is 37.3 Å². The minimum Gasteiger partial charge on any atom is -0.391 e. The van der Waals surface area contributed by atoms with Gasteiger partial charge in [0.2, 0.25) is 11.8 Å². The monoisotopic (exact) mass is 392 g/mol. The van der Waals surface area contributed by atoms with Crippen molar-refractivity contribution >= 4 is 17.6 Å². The molecule has 0 saturated heterocycles. The van der Waals surface area contributed by atoms with Gasteiger partial charge in [-0.05, 0) is 31.9 Å². The number of carbonyl (C=O) groups excluding carboxylic acids is 3. The second-order valence-electron chi connectivity index (χ2n) is 6.81. The zero-order valence-electron chi connectivity index (χ0n) is 16.6. The van der Waals surface area contributed by atoms with E-state index in [0.717, 1.165) is 5.56 Å². The molecule has 4 atom stereocenters. The molecule has 1 rings (SSSR count). The maximum Gasteiger partial charge on any atom is 0.245 e. The lowest BCUT2D eigenvalue weighted by Crippen LogP contribution is -2.57. The Balaban J connectivity index is 2.82. The van der Waals surface area contributed by atoms with Crippen LogP contribution in [0.4, 0.5) is 0 Å². The minimum absolute atomic E-state index is 0.0962. The SMILES string of the molecule is CCC(=O)[C@H](CCN)NC(=O)[C@@H](NC(=O)C(CN)Cc1ccccc1)[C@H](C)O. The van der Waals surface area contributed by atoms with E-state index in [-0.39, 0.29) is 25.3 Å². The Labute approximate surface area is 166 Å². The van der Waals surface area contributed by atoms with Crippen molar-refractivity contribution in [2.24, 2.45) is 17.4 Å². The third-order valence-electron chi connectivity index (χ3n) is 4.55. The largest absolute Gasteiger partial charge is 0.391 e. The quantitative estimate of drug-likeness (QED) is 0.323. The maximum absolute atomic E-state index is 12.6. The lowest BCUT2D eigenvalue weighted by atomic mass is 9.97. The fourth-order valence-electron chi connectivity index (χ4n) is 2.85. The van der Waals surface area contributed by atoms with Crippen molar-refractivity contribution in [3.63, 3.8) is 0 Å². The highest BCUT2D eigenvalue weighted by molar-refractivity contribution is 5.93. The molecule has 0 saturated carbocycles. The maximum atomic E-state index is 12.6. The van der Waals surface area contributed by atoms with Crippen LogP contribution in [0.5, 0.6) is 0 Å². The summed E-state index contributed by atoms with van der Waals surface area (Å²) in [4.78, 5) is 37.2. The van der Waals surface area contributed by atoms with Crippen molar-refractivity contribution in [3.05, 3.63) is 35.9 Å². The van der Waals surface area contributed by atoms with Crippen molar-refractivity contribution in [1.82, 2.24) is 10.6 Å². The highest BCUT2D eigenvalue weighted by atomic mass is 16.3. The highest BCUT2D eigenvalue weighted by Crippen LogP contribution is 2.09. The van der Waals surface area contributed by atoms with Gasteiger partial charge in [-0.25, -0.2) is 0 Å². The van der Waals surface area contributed by atoms with E-state index in [0.29, 0.717) is 12.8 Å². The zero-order chi connectivity index (χ0) is 21.1. The van der Waals surface area contributed by atoms with E-state index in [1.807, 2.05) is 30.3 Å². The number of aliphatic hydroxyl groups is 1.